The third kappa shape index (κ3) is 6.31. The molecule has 9 heteroatoms. The number of carbonyl (C=O) groups excluding carboxylic acids is 3. The average molecular weight is 572 g/mol. The SMILES string of the molecule is CC(C)C[C@H]1C(=O)N(CC(c2ccccc2)c2ccccc2)C[C@H]2N1C(=O)CN(C)N2C(=O)NCc1ccc(F)cc1. The van der Waals surface area contributed by atoms with Crippen molar-refractivity contribution in [2.45, 2.75) is 44.9 Å². The van der Waals surface area contributed by atoms with Crippen LogP contribution in [-0.2, 0) is 16.1 Å². The van der Waals surface area contributed by atoms with E-state index in [2.05, 4.69) is 29.6 Å². The van der Waals surface area contributed by atoms with E-state index >= 15 is 0 Å². The van der Waals surface area contributed by atoms with Crippen LogP contribution >= 0.6 is 0 Å². The zero-order valence-corrected chi connectivity index (χ0v) is 24.3. The molecule has 2 aliphatic rings. The van der Waals surface area contributed by atoms with E-state index in [1.54, 1.807) is 34.1 Å². The molecular formula is C33H38FN5O3. The van der Waals surface area contributed by atoms with Crippen molar-refractivity contribution >= 4 is 17.8 Å². The fourth-order valence-corrected chi connectivity index (χ4v) is 6.00. The van der Waals surface area contributed by atoms with Gasteiger partial charge in [0.1, 0.15) is 18.0 Å². The first-order chi connectivity index (χ1) is 20.2. The van der Waals surface area contributed by atoms with Crippen LogP contribution < -0.4 is 5.32 Å². The van der Waals surface area contributed by atoms with Gasteiger partial charge in [-0.15, -0.1) is 0 Å². The third-order valence-corrected chi connectivity index (χ3v) is 8.01. The zero-order chi connectivity index (χ0) is 29.8. The van der Waals surface area contributed by atoms with Crippen LogP contribution in [0.4, 0.5) is 9.18 Å². The molecule has 3 aromatic carbocycles. The summed E-state index contributed by atoms with van der Waals surface area (Å²) in [5.74, 6) is -0.539. The second-order valence-electron chi connectivity index (χ2n) is 11.5. The number of carbonyl (C=O) groups is 3. The predicted molar refractivity (Wildman–Crippen MR) is 158 cm³/mol. The highest BCUT2D eigenvalue weighted by Crippen LogP contribution is 2.32. The molecule has 3 aromatic rings. The number of rotatable bonds is 8. The van der Waals surface area contributed by atoms with Gasteiger partial charge in [-0.3, -0.25) is 9.59 Å². The number of urea groups is 1. The molecule has 220 valence electrons. The number of likely N-dealkylation sites (N-methyl/N-ethyl adjacent to an activating group) is 1. The van der Waals surface area contributed by atoms with Crippen molar-refractivity contribution in [1.29, 1.82) is 0 Å². The van der Waals surface area contributed by atoms with Gasteiger partial charge in [0.2, 0.25) is 11.8 Å². The summed E-state index contributed by atoms with van der Waals surface area (Å²) in [7, 11) is 1.71. The summed E-state index contributed by atoms with van der Waals surface area (Å²) in [5.41, 5.74) is 2.93. The minimum absolute atomic E-state index is 0.0149. The second-order valence-corrected chi connectivity index (χ2v) is 11.5. The Bertz CT molecular complexity index is 1350. The smallest absolute Gasteiger partial charge is 0.334 e. The van der Waals surface area contributed by atoms with Gasteiger partial charge < -0.3 is 15.1 Å². The molecule has 0 aliphatic carbocycles. The lowest BCUT2D eigenvalue weighted by atomic mass is 9.89. The number of fused-ring (bicyclic) bond motifs is 1. The number of hydrogen-bond acceptors (Lipinski definition) is 4. The number of halogens is 1. The second kappa shape index (κ2) is 12.7. The minimum atomic E-state index is -0.676. The highest BCUT2D eigenvalue weighted by molar-refractivity contribution is 5.91. The van der Waals surface area contributed by atoms with Gasteiger partial charge >= 0.3 is 6.03 Å². The lowest BCUT2D eigenvalue weighted by Gasteiger charge is -2.55. The van der Waals surface area contributed by atoms with Gasteiger partial charge in [-0.2, -0.15) is 0 Å². The van der Waals surface area contributed by atoms with E-state index in [4.69, 9.17) is 0 Å². The van der Waals surface area contributed by atoms with Gasteiger partial charge in [0.25, 0.3) is 0 Å². The first-order valence-electron chi connectivity index (χ1n) is 14.4. The van der Waals surface area contributed by atoms with Gasteiger partial charge in [-0.1, -0.05) is 86.6 Å². The molecule has 0 unspecified atom stereocenters. The Morgan fingerprint density at radius 2 is 1.52 bits per heavy atom. The number of piperazine rings is 1. The zero-order valence-electron chi connectivity index (χ0n) is 24.3. The first-order valence-corrected chi connectivity index (χ1v) is 14.4. The largest absolute Gasteiger partial charge is 0.336 e. The molecule has 0 aromatic heterocycles. The topological polar surface area (TPSA) is 76.2 Å². The van der Waals surface area contributed by atoms with Crippen LogP contribution in [0.1, 0.15) is 42.9 Å². The Morgan fingerprint density at radius 1 is 0.929 bits per heavy atom. The first kappa shape index (κ1) is 29.3. The number of nitrogens with one attached hydrogen (secondary N) is 1. The third-order valence-electron chi connectivity index (χ3n) is 8.01. The number of hydrazine groups is 1. The van der Waals surface area contributed by atoms with Gasteiger partial charge in [0, 0.05) is 26.1 Å². The Labute approximate surface area is 246 Å². The molecule has 4 amide bonds. The summed E-state index contributed by atoms with van der Waals surface area (Å²) in [6.45, 7) is 4.85. The molecule has 0 bridgehead atoms. The minimum Gasteiger partial charge on any atom is -0.336 e. The maximum Gasteiger partial charge on any atom is 0.334 e. The fraction of sp³-hybridized carbons (Fsp3) is 0.364. The van der Waals surface area contributed by atoms with Crippen LogP contribution in [0.15, 0.2) is 84.9 Å². The van der Waals surface area contributed by atoms with E-state index in [1.807, 2.05) is 55.1 Å². The lowest BCUT2D eigenvalue weighted by Crippen LogP contribution is -2.76. The molecule has 0 saturated carbocycles. The monoisotopic (exact) mass is 571 g/mol. The fourth-order valence-electron chi connectivity index (χ4n) is 6.00. The lowest BCUT2D eigenvalue weighted by molar-refractivity contribution is -0.188. The molecule has 5 rings (SSSR count). The Kier molecular flexibility index (Phi) is 8.87. The quantitative estimate of drug-likeness (QED) is 0.434. The van der Waals surface area contributed by atoms with Crippen molar-refractivity contribution in [1.82, 2.24) is 25.1 Å². The van der Waals surface area contributed by atoms with Crippen molar-refractivity contribution in [3.05, 3.63) is 107 Å². The average Bonchev–Trinajstić information content (AvgIpc) is 2.98. The molecule has 1 N–H and O–H groups in total. The maximum atomic E-state index is 14.1. The summed E-state index contributed by atoms with van der Waals surface area (Å²) in [6, 6.07) is 25.1. The molecule has 0 spiro atoms. The van der Waals surface area contributed by atoms with Gasteiger partial charge in [0.05, 0.1) is 13.1 Å². The van der Waals surface area contributed by atoms with Gasteiger partial charge in [-0.05, 0) is 41.2 Å². The number of benzene rings is 3. The van der Waals surface area contributed by atoms with Gasteiger partial charge in [-0.25, -0.2) is 19.2 Å². The number of nitrogens with zero attached hydrogens (tertiary/aromatic N) is 4. The molecule has 0 radical (unpaired) electrons. The molecule has 2 saturated heterocycles. The predicted octanol–water partition coefficient (Wildman–Crippen LogP) is 4.44. The standard InChI is InChI=1S/C33H38FN5O3/c1-23(2)18-29-32(41)37(20-28(25-10-6-4-7-11-25)26-12-8-5-9-13-26)21-30-38(29)31(40)22-36(3)39(30)33(42)35-19-24-14-16-27(34)17-15-24/h4-17,23,28-30H,18-22H2,1-3H3,(H,35,42)/t29-,30-/m0/s1. The molecule has 2 heterocycles. The van der Waals surface area contributed by atoms with Crippen LogP contribution in [0.3, 0.4) is 0 Å². The van der Waals surface area contributed by atoms with E-state index in [-0.39, 0.29) is 55.1 Å². The summed E-state index contributed by atoms with van der Waals surface area (Å²) in [4.78, 5) is 44.7. The van der Waals surface area contributed by atoms with Crippen LogP contribution in [0.2, 0.25) is 0 Å². The van der Waals surface area contributed by atoms with Crippen LogP contribution in [0.5, 0.6) is 0 Å². The highest BCUT2D eigenvalue weighted by atomic mass is 19.1. The molecule has 2 atom stereocenters. The van der Waals surface area contributed by atoms with Crippen molar-refractivity contribution in [3.8, 4) is 0 Å². The number of amides is 4. The Hall–Kier alpha value is -4.24. The maximum absolute atomic E-state index is 14.1. The van der Waals surface area contributed by atoms with Crippen molar-refractivity contribution in [2.24, 2.45) is 5.92 Å². The van der Waals surface area contributed by atoms with E-state index in [0.717, 1.165) is 16.7 Å². The molecule has 2 fully saturated rings. The van der Waals surface area contributed by atoms with E-state index in [9.17, 15) is 18.8 Å². The van der Waals surface area contributed by atoms with Gasteiger partial charge in [0.15, 0.2) is 0 Å². The van der Waals surface area contributed by atoms with E-state index in [0.29, 0.717) is 13.0 Å². The molecule has 8 nitrogen and oxygen atoms in total. The summed E-state index contributed by atoms with van der Waals surface area (Å²) in [5, 5.41) is 6.10. The van der Waals surface area contributed by atoms with E-state index < -0.39 is 12.2 Å². The van der Waals surface area contributed by atoms with Crippen molar-refractivity contribution in [3.63, 3.8) is 0 Å². The summed E-state index contributed by atoms with van der Waals surface area (Å²) in [6.07, 6.45) is -0.175. The summed E-state index contributed by atoms with van der Waals surface area (Å²) < 4.78 is 13.4. The van der Waals surface area contributed by atoms with Crippen molar-refractivity contribution < 1.29 is 18.8 Å². The normalized spacial score (nSPS) is 19.4. The molecular weight excluding hydrogens is 533 g/mol. The Morgan fingerprint density at radius 3 is 2.10 bits per heavy atom. The van der Waals surface area contributed by atoms with E-state index in [1.165, 1.54) is 12.1 Å². The molecule has 42 heavy (non-hydrogen) atoms. The van der Waals surface area contributed by atoms with Crippen LogP contribution in [0, 0.1) is 11.7 Å². The van der Waals surface area contributed by atoms with Crippen LogP contribution in [0.25, 0.3) is 0 Å². The van der Waals surface area contributed by atoms with Crippen LogP contribution in [-0.4, -0.2) is 76.6 Å². The number of hydrogen-bond donors (Lipinski definition) is 1. The molecule has 2 aliphatic heterocycles. The summed E-state index contributed by atoms with van der Waals surface area (Å²) >= 11 is 0. The highest BCUT2D eigenvalue weighted by Gasteiger charge is 2.51. The van der Waals surface area contributed by atoms with Crippen molar-refractivity contribution in [2.75, 3.05) is 26.7 Å². The Balaban J connectivity index is 1.46.